The minimum Gasteiger partial charge on any atom is -0.726 e. The second-order valence-corrected chi connectivity index (χ2v) is 13.4. The average Bonchev–Trinajstić information content (AvgIpc) is 2.96. The van der Waals surface area contributed by atoms with Crippen molar-refractivity contribution in [2.75, 3.05) is 19.8 Å². The standard InChI is InChI=1S/C24H50O.C12H26O4S.Na/c1-3-5-7-9-11-13-15-17-19-21-23-25-24-22-20-18-16-14-12-10-8-6-4-2;1-2-3-4-5-6-7-8-9-10-11-12-16-17(13,14)15;/h3-24H2,1-2H3;2-12H2,1H3,(H,13,14,15);/q;;+1/p-1. The molecule has 0 amide bonds. The molecule has 0 bridgehead atoms. The molecule has 0 saturated carbocycles. The first-order chi connectivity index (χ1) is 20.5. The van der Waals surface area contributed by atoms with Crippen molar-refractivity contribution in [2.24, 2.45) is 0 Å². The van der Waals surface area contributed by atoms with Gasteiger partial charge in [-0.1, -0.05) is 194 Å². The van der Waals surface area contributed by atoms with Gasteiger partial charge in [0.25, 0.3) is 0 Å². The van der Waals surface area contributed by atoms with Crippen LogP contribution in [0.25, 0.3) is 0 Å². The maximum Gasteiger partial charge on any atom is 1.00 e. The molecule has 0 heterocycles. The largest absolute Gasteiger partial charge is 1.00 e. The van der Waals surface area contributed by atoms with Gasteiger partial charge in [-0.25, -0.2) is 8.42 Å². The van der Waals surface area contributed by atoms with Gasteiger partial charge in [-0.05, 0) is 19.3 Å². The van der Waals surface area contributed by atoms with Gasteiger partial charge in [-0.3, -0.25) is 4.18 Å². The molecule has 0 aliphatic carbocycles. The Labute approximate surface area is 293 Å². The molecule has 0 aromatic heterocycles. The second kappa shape index (κ2) is 42.8. The van der Waals surface area contributed by atoms with E-state index in [-0.39, 0.29) is 36.2 Å². The van der Waals surface area contributed by atoms with E-state index in [1.807, 2.05) is 0 Å². The van der Waals surface area contributed by atoms with Gasteiger partial charge < -0.3 is 9.29 Å². The van der Waals surface area contributed by atoms with Crippen LogP contribution in [0.4, 0.5) is 0 Å². The van der Waals surface area contributed by atoms with E-state index >= 15 is 0 Å². The topological polar surface area (TPSA) is 75.7 Å². The molecule has 0 aliphatic heterocycles. The van der Waals surface area contributed by atoms with Crippen LogP contribution in [0, 0.1) is 0 Å². The minimum absolute atomic E-state index is 0. The Bertz CT molecular complexity index is 552. The van der Waals surface area contributed by atoms with Crippen molar-refractivity contribution in [2.45, 2.75) is 213 Å². The molecule has 256 valence electrons. The number of hydrogen-bond donors (Lipinski definition) is 0. The first kappa shape index (κ1) is 48.2. The summed E-state index contributed by atoms with van der Waals surface area (Å²) in [5.74, 6) is 0. The predicted octanol–water partition coefficient (Wildman–Crippen LogP) is 9.23. The van der Waals surface area contributed by atoms with Crippen LogP contribution < -0.4 is 29.6 Å². The van der Waals surface area contributed by atoms with Crippen LogP contribution in [0.2, 0.25) is 0 Å². The molecule has 0 spiro atoms. The molecule has 7 heteroatoms. The van der Waals surface area contributed by atoms with Crippen LogP contribution >= 0.6 is 0 Å². The number of hydrogen-bond acceptors (Lipinski definition) is 5. The monoisotopic (exact) mass is 643 g/mol. The number of rotatable bonds is 34. The minimum atomic E-state index is -4.48. The fourth-order valence-electron chi connectivity index (χ4n) is 5.24. The first-order valence-corrected chi connectivity index (χ1v) is 20.0. The summed E-state index contributed by atoms with van der Waals surface area (Å²) in [6, 6.07) is 0. The van der Waals surface area contributed by atoms with E-state index in [2.05, 4.69) is 25.0 Å². The maximum absolute atomic E-state index is 10.1. The van der Waals surface area contributed by atoms with E-state index < -0.39 is 10.4 Å². The fourth-order valence-corrected chi connectivity index (χ4v) is 5.56. The number of unbranched alkanes of at least 4 members (excludes halogenated alkanes) is 27. The van der Waals surface area contributed by atoms with Gasteiger partial charge in [0.15, 0.2) is 0 Å². The van der Waals surface area contributed by atoms with Crippen LogP contribution in [0.5, 0.6) is 0 Å². The summed E-state index contributed by atoms with van der Waals surface area (Å²) >= 11 is 0. The summed E-state index contributed by atoms with van der Waals surface area (Å²) < 4.78 is 40.2. The summed E-state index contributed by atoms with van der Waals surface area (Å²) in [7, 11) is -4.48. The Morgan fingerprint density at radius 3 is 0.814 bits per heavy atom. The van der Waals surface area contributed by atoms with Gasteiger partial charge in [0, 0.05) is 13.2 Å². The second-order valence-electron chi connectivity index (χ2n) is 12.4. The molecule has 0 radical (unpaired) electrons. The third-order valence-electron chi connectivity index (χ3n) is 8.01. The number of ether oxygens (including phenoxy) is 1. The molecule has 0 saturated heterocycles. The Balaban J connectivity index is -0.000000779. The van der Waals surface area contributed by atoms with E-state index in [4.69, 9.17) is 4.74 Å². The zero-order valence-electron chi connectivity index (χ0n) is 29.8. The Hall–Kier alpha value is 0.830. The van der Waals surface area contributed by atoms with Crippen molar-refractivity contribution in [3.8, 4) is 0 Å². The van der Waals surface area contributed by atoms with Gasteiger partial charge in [0.2, 0.25) is 10.4 Å². The molecule has 0 rings (SSSR count). The zero-order chi connectivity index (χ0) is 31.2. The normalized spacial score (nSPS) is 11.3. The van der Waals surface area contributed by atoms with Crippen molar-refractivity contribution in [3.05, 3.63) is 0 Å². The Kier molecular flexibility index (Phi) is 48.0. The third kappa shape index (κ3) is 52.6. The van der Waals surface area contributed by atoms with E-state index in [0.29, 0.717) is 6.42 Å². The van der Waals surface area contributed by atoms with Crippen molar-refractivity contribution in [1.29, 1.82) is 0 Å². The average molecular weight is 643 g/mol. The first-order valence-electron chi connectivity index (χ1n) is 18.7. The summed E-state index contributed by atoms with van der Waals surface area (Å²) in [5.41, 5.74) is 0. The zero-order valence-corrected chi connectivity index (χ0v) is 32.6. The van der Waals surface area contributed by atoms with Gasteiger partial charge in [-0.15, -0.1) is 0 Å². The van der Waals surface area contributed by atoms with E-state index in [0.717, 1.165) is 26.1 Å². The SMILES string of the molecule is CCCCCCCCCCCCOCCCCCCCCCCCC.CCCCCCCCCCCCOS(=O)(=O)[O-].[Na+]. The van der Waals surface area contributed by atoms with Crippen LogP contribution in [0.1, 0.15) is 213 Å². The fraction of sp³-hybridized carbons (Fsp3) is 1.00. The summed E-state index contributed by atoms with van der Waals surface area (Å²) in [6.45, 7) is 8.81. The summed E-state index contributed by atoms with van der Waals surface area (Å²) in [6.07, 6.45) is 39.9. The van der Waals surface area contributed by atoms with Crippen molar-refractivity contribution < 1.29 is 51.4 Å². The van der Waals surface area contributed by atoms with E-state index in [9.17, 15) is 13.0 Å². The van der Waals surface area contributed by atoms with Gasteiger partial charge >= 0.3 is 29.6 Å². The quantitative estimate of drug-likeness (QED) is 0.0303. The van der Waals surface area contributed by atoms with Crippen LogP contribution in [0.15, 0.2) is 0 Å². The molecule has 0 aromatic carbocycles. The Morgan fingerprint density at radius 2 is 0.581 bits per heavy atom. The molecule has 0 N–H and O–H groups in total. The maximum atomic E-state index is 10.1. The van der Waals surface area contributed by atoms with Crippen molar-refractivity contribution in [3.63, 3.8) is 0 Å². The summed E-state index contributed by atoms with van der Waals surface area (Å²) in [5, 5.41) is 0. The van der Waals surface area contributed by atoms with Gasteiger partial charge in [-0.2, -0.15) is 0 Å². The van der Waals surface area contributed by atoms with Gasteiger partial charge in [0.1, 0.15) is 0 Å². The molecular formula is C36H75NaO5S. The third-order valence-corrected chi connectivity index (χ3v) is 8.47. The molecule has 43 heavy (non-hydrogen) atoms. The van der Waals surface area contributed by atoms with Gasteiger partial charge in [0.05, 0.1) is 6.61 Å². The van der Waals surface area contributed by atoms with Crippen molar-refractivity contribution in [1.82, 2.24) is 0 Å². The molecule has 0 atom stereocenters. The summed E-state index contributed by atoms with van der Waals surface area (Å²) in [4.78, 5) is 0. The van der Waals surface area contributed by atoms with Crippen LogP contribution in [-0.2, 0) is 19.3 Å². The molecule has 0 aromatic rings. The van der Waals surface area contributed by atoms with E-state index in [1.165, 1.54) is 173 Å². The van der Waals surface area contributed by atoms with Crippen molar-refractivity contribution >= 4 is 10.4 Å². The van der Waals surface area contributed by atoms with Crippen LogP contribution in [-0.4, -0.2) is 32.8 Å². The van der Waals surface area contributed by atoms with E-state index in [1.54, 1.807) is 0 Å². The Morgan fingerprint density at radius 1 is 0.372 bits per heavy atom. The molecule has 0 fully saturated rings. The molecule has 0 unspecified atom stereocenters. The molecular weight excluding hydrogens is 567 g/mol. The molecule has 5 nitrogen and oxygen atoms in total. The smallest absolute Gasteiger partial charge is 0.726 e. The van der Waals surface area contributed by atoms with Crippen LogP contribution in [0.3, 0.4) is 0 Å². The molecule has 0 aliphatic rings. The predicted molar refractivity (Wildman–Crippen MR) is 182 cm³/mol.